The van der Waals surface area contributed by atoms with E-state index in [4.69, 9.17) is 16.0 Å². The first kappa shape index (κ1) is 13.1. The number of rotatable bonds is 2. The van der Waals surface area contributed by atoms with Crippen LogP contribution < -0.4 is 0 Å². The van der Waals surface area contributed by atoms with Crippen molar-refractivity contribution in [3.05, 3.63) is 48.3 Å². The molecule has 3 nitrogen and oxygen atoms in total. The van der Waals surface area contributed by atoms with Crippen LogP contribution in [0.2, 0.25) is 0 Å². The number of aromatic nitrogens is 2. The average Bonchev–Trinajstić information content (AvgIpc) is 3.04. The molecule has 0 saturated carbocycles. The molecule has 0 fully saturated rings. The van der Waals surface area contributed by atoms with Gasteiger partial charge in [-0.3, -0.25) is 0 Å². The van der Waals surface area contributed by atoms with E-state index in [2.05, 4.69) is 4.98 Å². The fourth-order valence-corrected chi connectivity index (χ4v) is 2.14. The first-order valence-corrected chi connectivity index (χ1v) is 6.20. The van der Waals surface area contributed by atoms with E-state index in [0.29, 0.717) is 16.8 Å². The van der Waals surface area contributed by atoms with Crippen LogP contribution in [0.3, 0.4) is 0 Å². The Hall–Kier alpha value is -1.95. The van der Waals surface area contributed by atoms with E-state index in [1.54, 1.807) is 12.3 Å². The van der Waals surface area contributed by atoms with Crippen molar-refractivity contribution in [1.29, 1.82) is 0 Å². The van der Waals surface area contributed by atoms with Gasteiger partial charge in [0.2, 0.25) is 0 Å². The maximum absolute atomic E-state index is 13.1. The molecule has 0 spiro atoms. The van der Waals surface area contributed by atoms with E-state index in [1.807, 2.05) is 0 Å². The molecule has 3 heterocycles. The van der Waals surface area contributed by atoms with E-state index in [0.717, 1.165) is 6.07 Å². The number of imidazole rings is 1. The Bertz CT molecular complexity index is 747. The van der Waals surface area contributed by atoms with Gasteiger partial charge in [-0.05, 0) is 12.1 Å². The molecule has 0 aromatic carbocycles. The van der Waals surface area contributed by atoms with Crippen LogP contribution in [-0.2, 0) is 12.1 Å². The zero-order chi connectivity index (χ0) is 14.3. The molecule has 0 bridgehead atoms. The van der Waals surface area contributed by atoms with Crippen LogP contribution >= 0.6 is 11.6 Å². The molecule has 7 heteroatoms. The predicted molar refractivity (Wildman–Crippen MR) is 67.5 cm³/mol. The molecule has 0 radical (unpaired) electrons. The van der Waals surface area contributed by atoms with Crippen LogP contribution in [-0.4, -0.2) is 9.38 Å². The largest absolute Gasteiger partial charge is 0.472 e. The molecular weight excluding hydrogens is 293 g/mol. The summed E-state index contributed by atoms with van der Waals surface area (Å²) in [6, 6.07) is 2.66. The number of hydrogen-bond donors (Lipinski definition) is 0. The molecule has 0 aliphatic carbocycles. The minimum absolute atomic E-state index is 0.0556. The summed E-state index contributed by atoms with van der Waals surface area (Å²) in [6.07, 6.45) is 1.36. The van der Waals surface area contributed by atoms with Gasteiger partial charge in [0.05, 0.1) is 29.7 Å². The molecular formula is C13H8ClF3N2O. The fourth-order valence-electron chi connectivity index (χ4n) is 2.01. The average molecular weight is 301 g/mol. The van der Waals surface area contributed by atoms with E-state index >= 15 is 0 Å². The van der Waals surface area contributed by atoms with Gasteiger partial charge in [0.1, 0.15) is 5.65 Å². The highest BCUT2D eigenvalue weighted by Crippen LogP contribution is 2.35. The summed E-state index contributed by atoms with van der Waals surface area (Å²) in [5, 5.41) is 0. The summed E-state index contributed by atoms with van der Waals surface area (Å²) in [5.74, 6) is 0.0556. The molecule has 0 amide bonds. The molecule has 20 heavy (non-hydrogen) atoms. The molecule has 0 N–H and O–H groups in total. The maximum atomic E-state index is 13.1. The SMILES string of the molecule is FC(F)(F)c1cc(-c2ccoc2)cn2cc(CCl)nc12. The smallest absolute Gasteiger partial charge is 0.420 e. The fraction of sp³-hybridized carbons (Fsp3) is 0.154. The Labute approximate surface area is 116 Å². The number of nitrogens with zero attached hydrogens (tertiary/aromatic N) is 2. The second-order valence-electron chi connectivity index (χ2n) is 4.25. The summed E-state index contributed by atoms with van der Waals surface area (Å²) in [4.78, 5) is 3.91. The lowest BCUT2D eigenvalue weighted by atomic mass is 10.1. The standard InChI is InChI=1S/C13H8ClF3N2O/c14-4-10-6-19-5-9(8-1-2-20-7-8)3-11(12(19)18-10)13(15,16)17/h1-3,5-7H,4H2. The van der Waals surface area contributed by atoms with Gasteiger partial charge in [-0.1, -0.05) is 0 Å². The zero-order valence-corrected chi connectivity index (χ0v) is 10.7. The van der Waals surface area contributed by atoms with Crippen molar-refractivity contribution in [3.8, 4) is 11.1 Å². The number of furan rings is 1. The summed E-state index contributed by atoms with van der Waals surface area (Å²) >= 11 is 5.63. The molecule has 104 valence electrons. The van der Waals surface area contributed by atoms with Gasteiger partial charge < -0.3 is 8.82 Å². The van der Waals surface area contributed by atoms with E-state index in [9.17, 15) is 13.2 Å². The van der Waals surface area contributed by atoms with E-state index in [-0.39, 0.29) is 11.5 Å². The van der Waals surface area contributed by atoms with Gasteiger partial charge in [-0.25, -0.2) is 4.98 Å². The molecule has 0 saturated heterocycles. The minimum atomic E-state index is -4.49. The third-order valence-corrected chi connectivity index (χ3v) is 3.17. The van der Waals surface area contributed by atoms with Crippen molar-refractivity contribution in [3.63, 3.8) is 0 Å². The second-order valence-corrected chi connectivity index (χ2v) is 4.52. The topological polar surface area (TPSA) is 30.4 Å². The van der Waals surface area contributed by atoms with Crippen LogP contribution in [0.4, 0.5) is 13.2 Å². The number of alkyl halides is 4. The Kier molecular flexibility index (Phi) is 2.97. The van der Waals surface area contributed by atoms with Crippen molar-refractivity contribution >= 4 is 17.2 Å². The maximum Gasteiger partial charge on any atom is 0.420 e. The van der Waals surface area contributed by atoms with Crippen LogP contribution in [0, 0.1) is 0 Å². The van der Waals surface area contributed by atoms with Crippen LogP contribution in [0.1, 0.15) is 11.3 Å². The lowest BCUT2D eigenvalue weighted by Gasteiger charge is -2.10. The van der Waals surface area contributed by atoms with Gasteiger partial charge in [0.15, 0.2) is 0 Å². The monoisotopic (exact) mass is 300 g/mol. The molecule has 3 aromatic rings. The first-order valence-electron chi connectivity index (χ1n) is 5.66. The second kappa shape index (κ2) is 4.56. The summed E-state index contributed by atoms with van der Waals surface area (Å²) in [6.45, 7) is 0. The van der Waals surface area contributed by atoms with Crippen molar-refractivity contribution in [2.24, 2.45) is 0 Å². The van der Waals surface area contributed by atoms with Gasteiger partial charge in [-0.15, -0.1) is 11.6 Å². The first-order chi connectivity index (χ1) is 9.49. The van der Waals surface area contributed by atoms with Gasteiger partial charge >= 0.3 is 6.18 Å². The normalized spacial score (nSPS) is 12.2. The van der Waals surface area contributed by atoms with E-state index in [1.165, 1.54) is 23.1 Å². The minimum Gasteiger partial charge on any atom is -0.472 e. The number of hydrogen-bond acceptors (Lipinski definition) is 2. The molecule has 0 aliphatic rings. The van der Waals surface area contributed by atoms with Crippen molar-refractivity contribution in [1.82, 2.24) is 9.38 Å². The zero-order valence-electron chi connectivity index (χ0n) is 9.99. The van der Waals surface area contributed by atoms with Crippen LogP contribution in [0.15, 0.2) is 41.5 Å². The third kappa shape index (κ3) is 2.16. The van der Waals surface area contributed by atoms with Crippen LogP contribution in [0.25, 0.3) is 16.8 Å². The van der Waals surface area contributed by atoms with Crippen LogP contribution in [0.5, 0.6) is 0 Å². The molecule has 3 rings (SSSR count). The van der Waals surface area contributed by atoms with Gasteiger partial charge in [-0.2, -0.15) is 13.2 Å². The van der Waals surface area contributed by atoms with E-state index < -0.39 is 11.7 Å². The highest BCUT2D eigenvalue weighted by atomic mass is 35.5. The van der Waals surface area contributed by atoms with Crippen molar-refractivity contribution in [2.45, 2.75) is 12.1 Å². The third-order valence-electron chi connectivity index (χ3n) is 2.90. The van der Waals surface area contributed by atoms with Crippen molar-refractivity contribution in [2.75, 3.05) is 0 Å². The van der Waals surface area contributed by atoms with Gasteiger partial charge in [0, 0.05) is 23.5 Å². The molecule has 0 atom stereocenters. The molecule has 0 unspecified atom stereocenters. The summed E-state index contributed by atoms with van der Waals surface area (Å²) in [5.41, 5.74) is 0.407. The van der Waals surface area contributed by atoms with Gasteiger partial charge in [0.25, 0.3) is 0 Å². The summed E-state index contributed by atoms with van der Waals surface area (Å²) < 4.78 is 45.7. The lowest BCUT2D eigenvalue weighted by molar-refractivity contribution is -0.136. The Morgan fingerprint density at radius 3 is 2.65 bits per heavy atom. The quantitative estimate of drug-likeness (QED) is 0.659. The predicted octanol–water partition coefficient (Wildman–Crippen LogP) is 4.35. The number of halogens is 4. The Balaban J connectivity index is 2.30. The number of fused-ring (bicyclic) bond motifs is 1. The van der Waals surface area contributed by atoms with Crippen molar-refractivity contribution < 1.29 is 17.6 Å². The number of pyridine rings is 1. The molecule has 3 aromatic heterocycles. The Morgan fingerprint density at radius 1 is 1.25 bits per heavy atom. The summed E-state index contributed by atoms with van der Waals surface area (Å²) in [7, 11) is 0. The lowest BCUT2D eigenvalue weighted by Crippen LogP contribution is -2.08. The highest BCUT2D eigenvalue weighted by Gasteiger charge is 2.34. The Morgan fingerprint density at radius 2 is 2.05 bits per heavy atom. The highest BCUT2D eigenvalue weighted by molar-refractivity contribution is 6.16. The molecule has 0 aliphatic heterocycles.